The number of rotatable bonds is 5. The van der Waals surface area contributed by atoms with Crippen LogP contribution in [0.25, 0.3) is 0 Å². The molecule has 2 N–H and O–H groups in total. The summed E-state index contributed by atoms with van der Waals surface area (Å²) in [5.74, 6) is 0.629. The third-order valence-electron chi connectivity index (χ3n) is 1.77. The van der Waals surface area contributed by atoms with Gasteiger partial charge in [0.2, 0.25) is 0 Å². The van der Waals surface area contributed by atoms with E-state index in [9.17, 15) is 5.11 Å². The summed E-state index contributed by atoms with van der Waals surface area (Å²) in [5, 5.41) is 20.2. The van der Waals surface area contributed by atoms with Gasteiger partial charge < -0.3 is 10.4 Å². The summed E-state index contributed by atoms with van der Waals surface area (Å²) in [6.45, 7) is 2.52. The van der Waals surface area contributed by atoms with Gasteiger partial charge in [0.25, 0.3) is 0 Å². The third kappa shape index (κ3) is 3.89. The summed E-state index contributed by atoms with van der Waals surface area (Å²) < 4.78 is 0. The minimum absolute atomic E-state index is 0.336. The van der Waals surface area contributed by atoms with Crippen LogP contribution < -0.4 is 5.32 Å². The van der Waals surface area contributed by atoms with E-state index in [1.54, 1.807) is 12.1 Å². The van der Waals surface area contributed by atoms with E-state index in [0.29, 0.717) is 17.5 Å². The number of hydrogen-bond donors (Lipinski definition) is 2. The molecular weight excluding hydrogens is 202 g/mol. The first-order valence-corrected chi connectivity index (χ1v) is 5.01. The Hall–Kier alpha value is -0.870. The van der Waals surface area contributed by atoms with Crippen molar-refractivity contribution in [2.45, 2.75) is 25.9 Å². The molecule has 0 saturated carbocycles. The van der Waals surface area contributed by atoms with Crippen molar-refractivity contribution in [3.63, 3.8) is 0 Å². The molecule has 0 radical (unpaired) electrons. The summed E-state index contributed by atoms with van der Waals surface area (Å²) in [5.41, 5.74) is 0. The third-order valence-corrected chi connectivity index (χ3v) is 1.97. The quantitative estimate of drug-likeness (QED) is 0.785. The fraction of sp³-hybridized carbons (Fsp3) is 0.556. The van der Waals surface area contributed by atoms with Gasteiger partial charge in [-0.1, -0.05) is 24.9 Å². The smallest absolute Gasteiger partial charge is 0.151 e. The van der Waals surface area contributed by atoms with Crippen LogP contribution in [0, 0.1) is 0 Å². The monoisotopic (exact) mass is 215 g/mol. The second-order valence-corrected chi connectivity index (χ2v) is 3.45. The van der Waals surface area contributed by atoms with Crippen molar-refractivity contribution in [1.29, 1.82) is 0 Å². The Labute approximate surface area is 88.3 Å². The number of hydrogen-bond acceptors (Lipinski definition) is 4. The second-order valence-electron chi connectivity index (χ2n) is 3.06. The molecule has 14 heavy (non-hydrogen) atoms. The zero-order valence-corrected chi connectivity index (χ0v) is 8.83. The zero-order chi connectivity index (χ0) is 10.4. The van der Waals surface area contributed by atoms with Gasteiger partial charge in [0.1, 0.15) is 5.82 Å². The molecule has 5 heteroatoms. The van der Waals surface area contributed by atoms with Gasteiger partial charge in [-0.15, -0.1) is 10.2 Å². The first-order chi connectivity index (χ1) is 6.72. The van der Waals surface area contributed by atoms with E-state index in [1.165, 1.54) is 0 Å². The Balaban J connectivity index is 2.34. The summed E-state index contributed by atoms with van der Waals surface area (Å²) in [6, 6.07) is 3.39. The van der Waals surface area contributed by atoms with Crippen molar-refractivity contribution in [1.82, 2.24) is 10.2 Å². The Morgan fingerprint density at radius 3 is 2.86 bits per heavy atom. The van der Waals surface area contributed by atoms with Crippen LogP contribution in [-0.2, 0) is 0 Å². The van der Waals surface area contributed by atoms with Crippen molar-refractivity contribution in [3.8, 4) is 0 Å². The standard InChI is InChI=1S/C9H14ClN3O/c1-2-3-7(14)6-11-9-5-4-8(10)12-13-9/h4-5,7,14H,2-3,6H2,1H3,(H,11,13). The SMILES string of the molecule is CCCC(O)CNc1ccc(Cl)nn1. The minimum atomic E-state index is -0.336. The van der Waals surface area contributed by atoms with Crippen LogP contribution in [0.15, 0.2) is 12.1 Å². The molecule has 0 amide bonds. The molecule has 0 aliphatic rings. The van der Waals surface area contributed by atoms with Crippen molar-refractivity contribution < 1.29 is 5.11 Å². The molecule has 1 heterocycles. The lowest BCUT2D eigenvalue weighted by Crippen LogP contribution is -2.19. The number of aliphatic hydroxyl groups is 1. The molecule has 0 saturated heterocycles. The molecule has 0 spiro atoms. The molecule has 1 unspecified atom stereocenters. The van der Waals surface area contributed by atoms with Gasteiger partial charge in [-0.3, -0.25) is 0 Å². The number of nitrogens with zero attached hydrogens (tertiary/aromatic N) is 2. The summed E-state index contributed by atoms with van der Waals surface area (Å²) in [4.78, 5) is 0. The van der Waals surface area contributed by atoms with E-state index in [4.69, 9.17) is 11.6 Å². The van der Waals surface area contributed by atoms with Gasteiger partial charge in [-0.25, -0.2) is 0 Å². The van der Waals surface area contributed by atoms with E-state index < -0.39 is 0 Å². The van der Waals surface area contributed by atoms with E-state index >= 15 is 0 Å². The number of anilines is 1. The summed E-state index contributed by atoms with van der Waals surface area (Å²) in [6.07, 6.45) is 1.42. The zero-order valence-electron chi connectivity index (χ0n) is 8.07. The van der Waals surface area contributed by atoms with Gasteiger partial charge in [-0.2, -0.15) is 0 Å². The predicted octanol–water partition coefficient (Wildman–Crippen LogP) is 1.70. The van der Waals surface area contributed by atoms with Gasteiger partial charge >= 0.3 is 0 Å². The van der Waals surface area contributed by atoms with E-state index in [0.717, 1.165) is 12.8 Å². The van der Waals surface area contributed by atoms with Crippen LogP contribution >= 0.6 is 11.6 Å². The van der Waals surface area contributed by atoms with Gasteiger partial charge in [0.05, 0.1) is 6.10 Å². The number of aliphatic hydroxyl groups excluding tert-OH is 1. The molecule has 0 bridgehead atoms. The molecule has 0 aliphatic heterocycles. The molecule has 1 aromatic rings. The highest BCUT2D eigenvalue weighted by atomic mass is 35.5. The lowest BCUT2D eigenvalue weighted by Gasteiger charge is -2.10. The molecule has 78 valence electrons. The molecule has 1 rings (SSSR count). The van der Waals surface area contributed by atoms with Crippen molar-refractivity contribution >= 4 is 17.4 Å². The highest BCUT2D eigenvalue weighted by molar-refractivity contribution is 6.29. The molecular formula is C9H14ClN3O. The van der Waals surface area contributed by atoms with Crippen LogP contribution in [0.5, 0.6) is 0 Å². The van der Waals surface area contributed by atoms with Crippen LogP contribution in [-0.4, -0.2) is 28.0 Å². The van der Waals surface area contributed by atoms with Crippen molar-refractivity contribution in [2.75, 3.05) is 11.9 Å². The molecule has 1 aromatic heterocycles. The first-order valence-electron chi connectivity index (χ1n) is 4.63. The maximum absolute atomic E-state index is 9.43. The fourth-order valence-corrected chi connectivity index (χ4v) is 1.17. The molecule has 1 atom stereocenters. The van der Waals surface area contributed by atoms with Crippen LogP contribution in [0.4, 0.5) is 5.82 Å². The number of aromatic nitrogens is 2. The van der Waals surface area contributed by atoms with E-state index in [2.05, 4.69) is 15.5 Å². The maximum Gasteiger partial charge on any atom is 0.151 e. The molecule has 0 fully saturated rings. The Morgan fingerprint density at radius 1 is 1.50 bits per heavy atom. The second kappa shape index (κ2) is 5.78. The van der Waals surface area contributed by atoms with Crippen molar-refractivity contribution in [2.24, 2.45) is 0 Å². The van der Waals surface area contributed by atoms with Crippen LogP contribution in [0.2, 0.25) is 5.15 Å². The van der Waals surface area contributed by atoms with Crippen molar-refractivity contribution in [3.05, 3.63) is 17.3 Å². The molecule has 0 aliphatic carbocycles. The predicted molar refractivity (Wildman–Crippen MR) is 56.4 cm³/mol. The van der Waals surface area contributed by atoms with Gasteiger partial charge in [0, 0.05) is 6.54 Å². The topological polar surface area (TPSA) is 58.0 Å². The normalized spacial score (nSPS) is 12.5. The molecule has 4 nitrogen and oxygen atoms in total. The fourth-order valence-electron chi connectivity index (χ4n) is 1.07. The highest BCUT2D eigenvalue weighted by Gasteiger charge is 2.02. The van der Waals surface area contributed by atoms with E-state index in [1.807, 2.05) is 6.92 Å². The number of nitrogens with one attached hydrogen (secondary N) is 1. The lowest BCUT2D eigenvalue weighted by molar-refractivity contribution is 0.176. The highest BCUT2D eigenvalue weighted by Crippen LogP contribution is 2.06. The Kier molecular flexibility index (Phi) is 4.62. The largest absolute Gasteiger partial charge is 0.391 e. The number of halogens is 1. The van der Waals surface area contributed by atoms with E-state index in [-0.39, 0.29) is 6.10 Å². The maximum atomic E-state index is 9.43. The van der Waals surface area contributed by atoms with Gasteiger partial charge in [-0.05, 0) is 18.6 Å². The Morgan fingerprint density at radius 2 is 2.29 bits per heavy atom. The minimum Gasteiger partial charge on any atom is -0.391 e. The Bertz CT molecular complexity index is 265. The molecule has 0 aromatic carbocycles. The first kappa shape index (κ1) is 11.2. The average molecular weight is 216 g/mol. The summed E-state index contributed by atoms with van der Waals surface area (Å²) in [7, 11) is 0. The lowest BCUT2D eigenvalue weighted by atomic mass is 10.2. The summed E-state index contributed by atoms with van der Waals surface area (Å²) >= 11 is 5.57. The van der Waals surface area contributed by atoms with Crippen LogP contribution in [0.3, 0.4) is 0 Å². The van der Waals surface area contributed by atoms with Gasteiger partial charge in [0.15, 0.2) is 5.15 Å². The average Bonchev–Trinajstić information content (AvgIpc) is 2.17. The van der Waals surface area contributed by atoms with Crippen LogP contribution in [0.1, 0.15) is 19.8 Å².